The summed E-state index contributed by atoms with van der Waals surface area (Å²) in [7, 11) is 3.12. The fraction of sp³-hybridized carbons (Fsp3) is 0.714. The highest BCUT2D eigenvalue weighted by Gasteiger charge is 2.36. The summed E-state index contributed by atoms with van der Waals surface area (Å²) >= 11 is 0. The molecule has 3 amide bonds. The van der Waals surface area contributed by atoms with Crippen molar-refractivity contribution in [1.29, 1.82) is 0 Å². The molecule has 2 rings (SSSR count). The van der Waals surface area contributed by atoms with Crippen LogP contribution >= 0.6 is 0 Å². The number of benzene rings is 1. The van der Waals surface area contributed by atoms with Gasteiger partial charge in [-0.15, -0.1) is 0 Å². The Bertz CT molecular complexity index is 1110. The number of ether oxygens (including phenoxy) is 3. The van der Waals surface area contributed by atoms with Crippen LogP contribution in [0.5, 0.6) is 5.75 Å². The zero-order chi connectivity index (χ0) is 34.4. The molecule has 0 spiro atoms. The number of methoxy groups -OCH3 is 1. The number of alkyl carbamates (subject to hydrolysis) is 1. The first-order valence-electron chi connectivity index (χ1n) is 16.7. The van der Waals surface area contributed by atoms with Crippen LogP contribution in [0.25, 0.3) is 0 Å². The largest absolute Gasteiger partial charge is 0.497 e. The van der Waals surface area contributed by atoms with Crippen LogP contribution in [0.2, 0.25) is 0 Å². The van der Waals surface area contributed by atoms with E-state index in [1.54, 1.807) is 54.0 Å². The summed E-state index contributed by atoms with van der Waals surface area (Å²) in [5.41, 5.74) is 0.00435. The highest BCUT2D eigenvalue weighted by Crippen LogP contribution is 2.29. The molecule has 0 saturated heterocycles. The topological polar surface area (TPSA) is 144 Å². The van der Waals surface area contributed by atoms with Gasteiger partial charge < -0.3 is 34.9 Å². The zero-order valence-corrected chi connectivity index (χ0v) is 29.1. The molecule has 1 aliphatic rings. The van der Waals surface area contributed by atoms with Crippen molar-refractivity contribution in [2.75, 3.05) is 20.8 Å². The number of hydrogen-bond donors (Lipinski definition) is 3. The number of likely N-dealkylation sites (N-methyl/N-ethyl adjacent to an activating group) is 1. The van der Waals surface area contributed by atoms with E-state index in [4.69, 9.17) is 14.2 Å². The molecule has 1 saturated carbocycles. The maximum absolute atomic E-state index is 14.1. The van der Waals surface area contributed by atoms with Crippen LogP contribution in [0, 0.1) is 11.8 Å². The Kier molecular flexibility index (Phi) is 15.8. The molecule has 0 aliphatic heterocycles. The molecule has 46 heavy (non-hydrogen) atoms. The molecule has 11 heteroatoms. The van der Waals surface area contributed by atoms with Gasteiger partial charge in [-0.1, -0.05) is 58.1 Å². The number of carbonyl (C=O) groups excluding carboxylic acids is 4. The Morgan fingerprint density at radius 2 is 1.65 bits per heavy atom. The lowest BCUT2D eigenvalue weighted by Crippen LogP contribution is -2.58. The molecule has 260 valence electrons. The molecule has 0 bridgehead atoms. The van der Waals surface area contributed by atoms with E-state index in [0.29, 0.717) is 24.5 Å². The van der Waals surface area contributed by atoms with Gasteiger partial charge in [-0.05, 0) is 70.1 Å². The minimum Gasteiger partial charge on any atom is -0.497 e. The molecule has 1 aliphatic carbocycles. The molecule has 0 heterocycles. The molecular weight excluding hydrogens is 590 g/mol. The van der Waals surface area contributed by atoms with Crippen molar-refractivity contribution in [2.45, 2.75) is 129 Å². The number of nitrogens with one attached hydrogen (secondary N) is 2. The third-order valence-electron chi connectivity index (χ3n) is 8.19. The van der Waals surface area contributed by atoms with Crippen LogP contribution in [-0.4, -0.2) is 84.5 Å². The van der Waals surface area contributed by atoms with E-state index in [0.717, 1.165) is 37.7 Å². The highest BCUT2D eigenvalue weighted by molar-refractivity contribution is 5.91. The van der Waals surface area contributed by atoms with Crippen molar-refractivity contribution in [1.82, 2.24) is 15.5 Å². The number of amides is 3. The summed E-state index contributed by atoms with van der Waals surface area (Å²) < 4.78 is 15.8. The van der Waals surface area contributed by atoms with Gasteiger partial charge in [-0.3, -0.25) is 14.4 Å². The minimum absolute atomic E-state index is 0.0473. The van der Waals surface area contributed by atoms with E-state index >= 15 is 0 Å². The van der Waals surface area contributed by atoms with Crippen molar-refractivity contribution in [3.05, 3.63) is 29.8 Å². The summed E-state index contributed by atoms with van der Waals surface area (Å²) in [6.45, 7) is 11.0. The number of rotatable bonds is 16. The van der Waals surface area contributed by atoms with E-state index < -0.39 is 53.7 Å². The molecule has 0 radical (unpaired) electrons. The summed E-state index contributed by atoms with van der Waals surface area (Å²) in [4.78, 5) is 54.6. The summed E-state index contributed by atoms with van der Waals surface area (Å²) in [6, 6.07) is 4.57. The lowest BCUT2D eigenvalue weighted by atomic mass is 9.83. The average Bonchev–Trinajstić information content (AvgIpc) is 2.98. The summed E-state index contributed by atoms with van der Waals surface area (Å²) in [5.74, 6) is -0.395. The van der Waals surface area contributed by atoms with Gasteiger partial charge in [0.2, 0.25) is 11.8 Å². The fourth-order valence-corrected chi connectivity index (χ4v) is 5.84. The number of carbonyl (C=O) groups is 4. The predicted molar refractivity (Wildman–Crippen MR) is 176 cm³/mol. The van der Waals surface area contributed by atoms with Gasteiger partial charge in [0.25, 0.3) is 0 Å². The standard InChI is InChI=1S/C35H57N3O8/c1-9-45-31(40)22-30(39)27(20-24-13-11-10-12-14-24)36-32(41)29(19-23(2)3)38(7)33(42)28(37-34(43)46-35(4,5)6)21-25-15-17-26(44-8)18-16-25/h15-18,23-24,27-30,39H,9-14,19-22H2,1-8H3,(H,36,41)(H,37,43)/t27-,28-,29-,30+/m0/s1. The Labute approximate surface area is 275 Å². The van der Waals surface area contributed by atoms with Gasteiger partial charge in [0.05, 0.1) is 32.3 Å². The molecule has 4 atom stereocenters. The van der Waals surface area contributed by atoms with Crippen LogP contribution in [0.1, 0.15) is 98.5 Å². The van der Waals surface area contributed by atoms with Crippen LogP contribution in [0.4, 0.5) is 4.79 Å². The molecule has 11 nitrogen and oxygen atoms in total. The van der Waals surface area contributed by atoms with E-state index in [9.17, 15) is 24.3 Å². The molecule has 1 fully saturated rings. The van der Waals surface area contributed by atoms with E-state index in [1.165, 1.54) is 4.90 Å². The molecule has 1 aromatic carbocycles. The number of hydrogen-bond acceptors (Lipinski definition) is 8. The Morgan fingerprint density at radius 3 is 2.20 bits per heavy atom. The Morgan fingerprint density at radius 1 is 1.02 bits per heavy atom. The zero-order valence-electron chi connectivity index (χ0n) is 29.1. The number of esters is 1. The molecule has 1 aromatic rings. The number of nitrogens with zero attached hydrogens (tertiary/aromatic N) is 1. The van der Waals surface area contributed by atoms with Gasteiger partial charge in [0.15, 0.2) is 0 Å². The summed E-state index contributed by atoms with van der Waals surface area (Å²) in [6.07, 6.45) is 4.25. The van der Waals surface area contributed by atoms with E-state index in [1.807, 2.05) is 26.0 Å². The van der Waals surface area contributed by atoms with Crippen molar-refractivity contribution < 1.29 is 38.5 Å². The van der Waals surface area contributed by atoms with Gasteiger partial charge in [0.1, 0.15) is 23.4 Å². The Hall–Kier alpha value is -3.34. The first-order chi connectivity index (χ1) is 21.6. The molecule has 0 unspecified atom stereocenters. The monoisotopic (exact) mass is 647 g/mol. The molecular formula is C35H57N3O8. The maximum Gasteiger partial charge on any atom is 0.408 e. The molecule has 3 N–H and O–H groups in total. The second-order valence-corrected chi connectivity index (χ2v) is 13.8. The Balaban J connectivity index is 2.34. The summed E-state index contributed by atoms with van der Waals surface area (Å²) in [5, 5.41) is 16.8. The van der Waals surface area contributed by atoms with Gasteiger partial charge in [0, 0.05) is 13.5 Å². The van der Waals surface area contributed by atoms with Crippen LogP contribution in [0.15, 0.2) is 24.3 Å². The number of aliphatic hydroxyl groups excluding tert-OH is 1. The van der Waals surface area contributed by atoms with Crippen LogP contribution in [-0.2, 0) is 30.3 Å². The quantitative estimate of drug-likeness (QED) is 0.218. The van der Waals surface area contributed by atoms with Crippen molar-refractivity contribution in [3.63, 3.8) is 0 Å². The SMILES string of the molecule is CCOC(=O)C[C@@H](O)[C@H](CC1CCCCC1)NC(=O)[C@H](CC(C)C)N(C)C(=O)[C@H](Cc1ccc(OC)cc1)NC(=O)OC(C)(C)C. The maximum atomic E-state index is 14.1. The predicted octanol–water partition coefficient (Wildman–Crippen LogP) is 4.77. The van der Waals surface area contributed by atoms with Crippen molar-refractivity contribution >= 4 is 23.9 Å². The third kappa shape index (κ3) is 13.6. The third-order valence-corrected chi connectivity index (χ3v) is 8.19. The second-order valence-electron chi connectivity index (χ2n) is 13.8. The normalized spacial score (nSPS) is 16.5. The van der Waals surface area contributed by atoms with Gasteiger partial charge in [-0.2, -0.15) is 0 Å². The smallest absolute Gasteiger partial charge is 0.408 e. The lowest BCUT2D eigenvalue weighted by molar-refractivity contribution is -0.146. The fourth-order valence-electron chi connectivity index (χ4n) is 5.84. The number of aliphatic hydroxyl groups is 1. The van der Waals surface area contributed by atoms with E-state index in [-0.39, 0.29) is 25.4 Å². The second kappa shape index (κ2) is 18.7. The van der Waals surface area contributed by atoms with Crippen LogP contribution in [0.3, 0.4) is 0 Å². The molecule has 0 aromatic heterocycles. The van der Waals surface area contributed by atoms with Crippen LogP contribution < -0.4 is 15.4 Å². The van der Waals surface area contributed by atoms with E-state index in [2.05, 4.69) is 10.6 Å². The lowest BCUT2D eigenvalue weighted by Gasteiger charge is -2.35. The van der Waals surface area contributed by atoms with Gasteiger partial charge >= 0.3 is 12.1 Å². The average molecular weight is 648 g/mol. The highest BCUT2D eigenvalue weighted by atomic mass is 16.6. The van der Waals surface area contributed by atoms with Gasteiger partial charge in [-0.25, -0.2) is 4.79 Å². The first-order valence-corrected chi connectivity index (χ1v) is 16.7. The minimum atomic E-state index is -1.14. The first kappa shape index (κ1) is 38.8. The van der Waals surface area contributed by atoms with Crippen molar-refractivity contribution in [2.24, 2.45) is 11.8 Å². The van der Waals surface area contributed by atoms with Crippen molar-refractivity contribution in [3.8, 4) is 5.75 Å².